The highest BCUT2D eigenvalue weighted by atomic mass is 32.2. The van der Waals surface area contributed by atoms with Crippen LogP contribution in [0.5, 0.6) is 0 Å². The average Bonchev–Trinajstić information content (AvgIpc) is 2.74. The Morgan fingerprint density at radius 1 is 1.24 bits per heavy atom. The van der Waals surface area contributed by atoms with Gasteiger partial charge < -0.3 is 5.11 Å². The standard InChI is InChI=1S/C13H15F2NO4S/c14-9-4-3-5-10(15)12(9)21(19,20)16-13(8-11(17)18)6-1-2-7-13/h3-5,16H,1-2,6-8H2,(H,17,18). The van der Waals surface area contributed by atoms with Crippen LogP contribution in [0.15, 0.2) is 23.1 Å². The van der Waals surface area contributed by atoms with Crippen molar-refractivity contribution in [2.24, 2.45) is 0 Å². The van der Waals surface area contributed by atoms with E-state index in [9.17, 15) is 22.0 Å². The van der Waals surface area contributed by atoms with Crippen LogP contribution in [0.25, 0.3) is 0 Å². The molecule has 5 nitrogen and oxygen atoms in total. The van der Waals surface area contributed by atoms with Crippen molar-refractivity contribution in [3.05, 3.63) is 29.8 Å². The summed E-state index contributed by atoms with van der Waals surface area (Å²) in [5, 5.41) is 8.93. The summed E-state index contributed by atoms with van der Waals surface area (Å²) in [4.78, 5) is 9.87. The normalized spacial score (nSPS) is 17.8. The topological polar surface area (TPSA) is 83.5 Å². The quantitative estimate of drug-likeness (QED) is 0.870. The lowest BCUT2D eigenvalue weighted by molar-refractivity contribution is -0.138. The van der Waals surface area contributed by atoms with Gasteiger partial charge in [-0.25, -0.2) is 21.9 Å². The molecule has 1 aliphatic carbocycles. The molecule has 0 heterocycles. The van der Waals surface area contributed by atoms with Crippen LogP contribution in [0.2, 0.25) is 0 Å². The number of halogens is 2. The van der Waals surface area contributed by atoms with E-state index in [0.29, 0.717) is 25.7 Å². The van der Waals surface area contributed by atoms with Crippen LogP contribution in [0.1, 0.15) is 32.1 Å². The zero-order chi connectivity index (χ0) is 15.7. The second kappa shape index (κ2) is 5.69. The predicted molar refractivity (Wildman–Crippen MR) is 70.1 cm³/mol. The Kier molecular flexibility index (Phi) is 4.29. The molecule has 1 saturated carbocycles. The summed E-state index contributed by atoms with van der Waals surface area (Å²) < 4.78 is 53.9. The monoisotopic (exact) mass is 319 g/mol. The molecule has 0 amide bonds. The van der Waals surface area contributed by atoms with Gasteiger partial charge in [-0.05, 0) is 25.0 Å². The zero-order valence-electron chi connectivity index (χ0n) is 11.1. The fourth-order valence-electron chi connectivity index (χ4n) is 2.73. The molecule has 116 valence electrons. The number of sulfonamides is 1. The van der Waals surface area contributed by atoms with Gasteiger partial charge in [0.1, 0.15) is 11.6 Å². The molecule has 1 fully saturated rings. The van der Waals surface area contributed by atoms with Crippen molar-refractivity contribution in [3.63, 3.8) is 0 Å². The first-order valence-electron chi connectivity index (χ1n) is 6.46. The molecule has 0 radical (unpaired) electrons. The molecule has 8 heteroatoms. The van der Waals surface area contributed by atoms with E-state index in [1.807, 2.05) is 0 Å². The summed E-state index contributed by atoms with van der Waals surface area (Å²) in [6, 6.07) is 2.75. The van der Waals surface area contributed by atoms with Crippen LogP contribution < -0.4 is 4.72 Å². The van der Waals surface area contributed by atoms with Crippen molar-refractivity contribution < 1.29 is 27.1 Å². The van der Waals surface area contributed by atoms with Gasteiger partial charge in [0.25, 0.3) is 0 Å². The molecule has 0 spiro atoms. The van der Waals surface area contributed by atoms with Gasteiger partial charge in [-0.1, -0.05) is 18.9 Å². The zero-order valence-corrected chi connectivity index (χ0v) is 11.9. The SMILES string of the molecule is O=C(O)CC1(NS(=O)(=O)c2c(F)cccc2F)CCCC1. The fraction of sp³-hybridized carbons (Fsp3) is 0.462. The molecule has 0 saturated heterocycles. The summed E-state index contributed by atoms with van der Waals surface area (Å²) in [6.07, 6.45) is 1.57. The Morgan fingerprint density at radius 2 is 1.76 bits per heavy atom. The minimum atomic E-state index is -4.47. The number of hydrogen-bond acceptors (Lipinski definition) is 3. The maximum absolute atomic E-state index is 13.6. The molecule has 2 N–H and O–H groups in total. The van der Waals surface area contributed by atoms with Gasteiger partial charge in [0, 0.05) is 5.54 Å². The summed E-state index contributed by atoms with van der Waals surface area (Å²) in [7, 11) is -4.47. The summed E-state index contributed by atoms with van der Waals surface area (Å²) in [5.41, 5.74) is -1.18. The number of aliphatic carboxylic acids is 1. The van der Waals surface area contributed by atoms with Gasteiger partial charge in [0.05, 0.1) is 6.42 Å². The molecule has 0 aliphatic heterocycles. The molecule has 0 bridgehead atoms. The second-order valence-electron chi connectivity index (χ2n) is 5.21. The van der Waals surface area contributed by atoms with Crippen molar-refractivity contribution in [1.82, 2.24) is 4.72 Å². The van der Waals surface area contributed by atoms with Gasteiger partial charge in [-0.2, -0.15) is 0 Å². The molecule has 2 rings (SSSR count). The molecule has 0 unspecified atom stereocenters. The number of carbonyl (C=O) groups is 1. The lowest BCUT2D eigenvalue weighted by atomic mass is 9.95. The molecule has 1 aliphatic rings. The molecule has 1 aromatic carbocycles. The summed E-state index contributed by atoms with van der Waals surface area (Å²) >= 11 is 0. The van der Waals surface area contributed by atoms with E-state index in [4.69, 9.17) is 5.11 Å². The van der Waals surface area contributed by atoms with E-state index >= 15 is 0 Å². The Labute approximate surface area is 121 Å². The smallest absolute Gasteiger partial charge is 0.305 e. The average molecular weight is 319 g/mol. The van der Waals surface area contributed by atoms with Gasteiger partial charge in [0.2, 0.25) is 10.0 Å². The van der Waals surface area contributed by atoms with Crippen LogP contribution in [-0.4, -0.2) is 25.0 Å². The number of carboxylic acids is 1. The molecule has 1 aromatic rings. The van der Waals surface area contributed by atoms with E-state index in [2.05, 4.69) is 4.72 Å². The Balaban J connectivity index is 2.38. The van der Waals surface area contributed by atoms with E-state index in [-0.39, 0.29) is 0 Å². The molecule has 0 atom stereocenters. The maximum atomic E-state index is 13.6. The van der Waals surface area contributed by atoms with Crippen LogP contribution in [0, 0.1) is 11.6 Å². The Bertz CT molecular complexity index is 634. The first kappa shape index (κ1) is 15.8. The van der Waals surface area contributed by atoms with Crippen LogP contribution in [-0.2, 0) is 14.8 Å². The highest BCUT2D eigenvalue weighted by molar-refractivity contribution is 7.89. The van der Waals surface area contributed by atoms with Crippen molar-refractivity contribution in [1.29, 1.82) is 0 Å². The van der Waals surface area contributed by atoms with Crippen LogP contribution in [0.3, 0.4) is 0 Å². The van der Waals surface area contributed by atoms with Crippen molar-refractivity contribution in [2.75, 3.05) is 0 Å². The van der Waals surface area contributed by atoms with Crippen molar-refractivity contribution >= 4 is 16.0 Å². The van der Waals surface area contributed by atoms with Gasteiger partial charge in [0.15, 0.2) is 4.90 Å². The number of benzene rings is 1. The predicted octanol–water partition coefficient (Wildman–Crippen LogP) is 2.03. The third-order valence-electron chi connectivity index (χ3n) is 3.59. The largest absolute Gasteiger partial charge is 0.481 e. The highest BCUT2D eigenvalue weighted by Gasteiger charge is 2.41. The van der Waals surface area contributed by atoms with E-state index in [0.717, 1.165) is 18.2 Å². The van der Waals surface area contributed by atoms with Crippen LogP contribution >= 0.6 is 0 Å². The third-order valence-corrected chi connectivity index (χ3v) is 5.22. The summed E-state index contributed by atoms with van der Waals surface area (Å²) in [5.74, 6) is -3.56. The van der Waals surface area contributed by atoms with E-state index < -0.39 is 44.5 Å². The third kappa shape index (κ3) is 3.38. The summed E-state index contributed by atoms with van der Waals surface area (Å²) in [6.45, 7) is 0. The van der Waals surface area contributed by atoms with Crippen molar-refractivity contribution in [3.8, 4) is 0 Å². The molecule has 0 aromatic heterocycles. The first-order valence-corrected chi connectivity index (χ1v) is 7.94. The molecule has 21 heavy (non-hydrogen) atoms. The van der Waals surface area contributed by atoms with E-state index in [1.54, 1.807) is 0 Å². The van der Waals surface area contributed by atoms with Gasteiger partial charge in [-0.15, -0.1) is 0 Å². The molecular weight excluding hydrogens is 304 g/mol. The van der Waals surface area contributed by atoms with E-state index in [1.165, 1.54) is 0 Å². The molecular formula is C13H15F2NO4S. The van der Waals surface area contributed by atoms with Gasteiger partial charge in [-0.3, -0.25) is 4.79 Å². The lowest BCUT2D eigenvalue weighted by Gasteiger charge is -2.28. The minimum absolute atomic E-state index is 0.328. The Morgan fingerprint density at radius 3 is 2.24 bits per heavy atom. The van der Waals surface area contributed by atoms with Crippen molar-refractivity contribution in [2.45, 2.75) is 42.5 Å². The number of hydrogen-bond donors (Lipinski definition) is 2. The fourth-order valence-corrected chi connectivity index (χ4v) is 4.33. The highest BCUT2D eigenvalue weighted by Crippen LogP contribution is 2.34. The minimum Gasteiger partial charge on any atom is -0.481 e. The first-order chi connectivity index (χ1) is 9.76. The number of carboxylic acid groups (broad SMARTS) is 1. The lowest BCUT2D eigenvalue weighted by Crippen LogP contribution is -2.48. The van der Waals surface area contributed by atoms with Crippen LogP contribution in [0.4, 0.5) is 8.78 Å². The maximum Gasteiger partial charge on any atom is 0.305 e. The second-order valence-corrected chi connectivity index (χ2v) is 6.83. The number of rotatable bonds is 5. The Hall–Kier alpha value is -1.54. The van der Waals surface area contributed by atoms with Gasteiger partial charge >= 0.3 is 5.97 Å². The number of nitrogens with one attached hydrogen (secondary N) is 1.